The molecule has 0 saturated carbocycles. The van der Waals surface area contributed by atoms with Gasteiger partial charge in [-0.3, -0.25) is 4.98 Å². The zero-order chi connectivity index (χ0) is 8.43. The van der Waals surface area contributed by atoms with Gasteiger partial charge in [0.25, 0.3) is 0 Å². The zero-order valence-electron chi connectivity index (χ0n) is 6.63. The van der Waals surface area contributed by atoms with E-state index < -0.39 is 0 Å². The predicted molar refractivity (Wildman–Crippen MR) is 49.3 cm³/mol. The van der Waals surface area contributed by atoms with Crippen LogP contribution in [-0.4, -0.2) is 4.98 Å². The summed E-state index contributed by atoms with van der Waals surface area (Å²) in [6, 6.07) is 0.0556. The molecule has 1 atom stereocenters. The Hall–Kier alpha value is -0.410. The predicted octanol–water partition coefficient (Wildman–Crippen LogP) is 2.17. The summed E-state index contributed by atoms with van der Waals surface area (Å²) in [4.78, 5) is 4.04. The Morgan fingerprint density at radius 1 is 1.55 bits per heavy atom. The Morgan fingerprint density at radius 3 is 2.64 bits per heavy atom. The van der Waals surface area contributed by atoms with Gasteiger partial charge in [0, 0.05) is 22.9 Å². The first-order chi connectivity index (χ1) is 5.13. The van der Waals surface area contributed by atoms with E-state index in [0.29, 0.717) is 0 Å². The lowest BCUT2D eigenvalue weighted by Gasteiger charge is -2.09. The van der Waals surface area contributed by atoms with E-state index in [4.69, 9.17) is 5.73 Å². The summed E-state index contributed by atoms with van der Waals surface area (Å²) >= 11 is 3.40. The van der Waals surface area contributed by atoms with E-state index in [1.54, 1.807) is 6.20 Å². The van der Waals surface area contributed by atoms with Gasteiger partial charge < -0.3 is 5.73 Å². The van der Waals surface area contributed by atoms with Crippen molar-refractivity contribution in [2.75, 3.05) is 0 Å². The highest BCUT2D eigenvalue weighted by Crippen LogP contribution is 2.21. The molecule has 0 aliphatic rings. The molecule has 3 heteroatoms. The summed E-state index contributed by atoms with van der Waals surface area (Å²) in [5, 5.41) is 0. The van der Waals surface area contributed by atoms with E-state index in [1.807, 2.05) is 20.0 Å². The molecule has 2 nitrogen and oxygen atoms in total. The third-order valence-corrected chi connectivity index (χ3v) is 2.48. The Morgan fingerprint density at radius 2 is 2.18 bits per heavy atom. The first-order valence-corrected chi connectivity index (χ1v) is 4.28. The second-order valence-corrected chi connectivity index (χ2v) is 3.48. The van der Waals surface area contributed by atoms with E-state index >= 15 is 0 Å². The van der Waals surface area contributed by atoms with Crippen LogP contribution in [0.5, 0.6) is 0 Å². The highest BCUT2D eigenvalue weighted by molar-refractivity contribution is 9.10. The van der Waals surface area contributed by atoms with Gasteiger partial charge in [-0.05, 0) is 40.9 Å². The Labute approximate surface area is 75.0 Å². The lowest BCUT2D eigenvalue weighted by atomic mass is 10.1. The van der Waals surface area contributed by atoms with E-state index in [0.717, 1.165) is 10.0 Å². The number of nitrogens with zero attached hydrogens (tertiary/aromatic N) is 1. The number of hydrogen-bond acceptors (Lipinski definition) is 2. The van der Waals surface area contributed by atoms with Crippen LogP contribution < -0.4 is 5.73 Å². The molecule has 0 amide bonds. The number of hydrogen-bond donors (Lipinski definition) is 1. The summed E-state index contributed by atoms with van der Waals surface area (Å²) in [6.45, 7) is 3.99. The molecule has 1 aromatic heterocycles. The van der Waals surface area contributed by atoms with Gasteiger partial charge in [0.05, 0.1) is 0 Å². The molecule has 2 N–H and O–H groups in total. The van der Waals surface area contributed by atoms with Crippen molar-refractivity contribution >= 4 is 15.9 Å². The number of pyridine rings is 1. The molecule has 1 rings (SSSR count). The summed E-state index contributed by atoms with van der Waals surface area (Å²) < 4.78 is 1.02. The van der Waals surface area contributed by atoms with Gasteiger partial charge in [0.15, 0.2) is 0 Å². The van der Waals surface area contributed by atoms with Gasteiger partial charge in [-0.1, -0.05) is 0 Å². The molecule has 0 fully saturated rings. The third-order valence-electron chi connectivity index (χ3n) is 1.68. The Kier molecular flexibility index (Phi) is 2.62. The Bertz CT molecular complexity index is 258. The monoisotopic (exact) mass is 214 g/mol. The van der Waals surface area contributed by atoms with Crippen molar-refractivity contribution in [3.05, 3.63) is 28.0 Å². The minimum Gasteiger partial charge on any atom is -0.324 e. The van der Waals surface area contributed by atoms with Crippen LogP contribution in [0, 0.1) is 6.92 Å². The molecule has 1 heterocycles. The molecular formula is C8H11BrN2. The normalized spacial score (nSPS) is 13.1. The number of aromatic nitrogens is 1. The average molecular weight is 215 g/mol. The summed E-state index contributed by atoms with van der Waals surface area (Å²) in [5.74, 6) is 0. The van der Waals surface area contributed by atoms with Crippen molar-refractivity contribution < 1.29 is 0 Å². The van der Waals surface area contributed by atoms with E-state index in [-0.39, 0.29) is 6.04 Å². The minimum absolute atomic E-state index is 0.0556. The second kappa shape index (κ2) is 3.32. The zero-order valence-corrected chi connectivity index (χ0v) is 8.22. The van der Waals surface area contributed by atoms with Gasteiger partial charge >= 0.3 is 0 Å². The molecule has 0 bridgehead atoms. The van der Waals surface area contributed by atoms with Crippen LogP contribution in [0.4, 0.5) is 0 Å². The molecule has 0 aliphatic heterocycles. The summed E-state index contributed by atoms with van der Waals surface area (Å²) in [6.07, 6.45) is 3.59. The lowest BCUT2D eigenvalue weighted by Crippen LogP contribution is -2.07. The van der Waals surface area contributed by atoms with Gasteiger partial charge in [-0.2, -0.15) is 0 Å². The third kappa shape index (κ3) is 1.79. The number of nitrogens with two attached hydrogens (primary N) is 1. The first-order valence-electron chi connectivity index (χ1n) is 3.48. The summed E-state index contributed by atoms with van der Waals surface area (Å²) in [5.41, 5.74) is 8.00. The Balaban J connectivity index is 3.17. The molecule has 0 spiro atoms. The topological polar surface area (TPSA) is 38.9 Å². The van der Waals surface area contributed by atoms with Gasteiger partial charge in [0.2, 0.25) is 0 Å². The van der Waals surface area contributed by atoms with Crippen LogP contribution in [0.3, 0.4) is 0 Å². The SMILES string of the molecule is Cc1c(Br)cncc1C(C)N. The molecule has 1 unspecified atom stereocenters. The maximum absolute atomic E-state index is 5.72. The maximum Gasteiger partial charge on any atom is 0.0413 e. The van der Waals surface area contributed by atoms with Crippen molar-refractivity contribution in [1.29, 1.82) is 0 Å². The number of rotatable bonds is 1. The van der Waals surface area contributed by atoms with Crippen molar-refractivity contribution in [3.8, 4) is 0 Å². The maximum atomic E-state index is 5.72. The van der Waals surface area contributed by atoms with Crippen molar-refractivity contribution in [2.45, 2.75) is 19.9 Å². The van der Waals surface area contributed by atoms with Crippen LogP contribution in [0.1, 0.15) is 24.1 Å². The molecule has 0 radical (unpaired) electrons. The van der Waals surface area contributed by atoms with Crippen LogP contribution >= 0.6 is 15.9 Å². The van der Waals surface area contributed by atoms with Crippen LogP contribution in [-0.2, 0) is 0 Å². The minimum atomic E-state index is 0.0556. The second-order valence-electron chi connectivity index (χ2n) is 2.62. The number of halogens is 1. The van der Waals surface area contributed by atoms with E-state index in [9.17, 15) is 0 Å². The molecule has 60 valence electrons. The average Bonchev–Trinajstić information content (AvgIpc) is 1.94. The van der Waals surface area contributed by atoms with E-state index in [1.165, 1.54) is 5.56 Å². The molecule has 1 aromatic rings. The van der Waals surface area contributed by atoms with E-state index in [2.05, 4.69) is 20.9 Å². The quantitative estimate of drug-likeness (QED) is 0.779. The van der Waals surface area contributed by atoms with Gasteiger partial charge in [0.1, 0.15) is 0 Å². The van der Waals surface area contributed by atoms with Crippen molar-refractivity contribution in [2.24, 2.45) is 5.73 Å². The fourth-order valence-corrected chi connectivity index (χ4v) is 1.32. The van der Waals surface area contributed by atoms with Gasteiger partial charge in [-0.25, -0.2) is 0 Å². The first kappa shape index (κ1) is 8.68. The van der Waals surface area contributed by atoms with Gasteiger partial charge in [-0.15, -0.1) is 0 Å². The largest absolute Gasteiger partial charge is 0.324 e. The highest BCUT2D eigenvalue weighted by atomic mass is 79.9. The van der Waals surface area contributed by atoms with Crippen LogP contribution in [0.15, 0.2) is 16.9 Å². The molecule has 0 saturated heterocycles. The molecule has 0 aromatic carbocycles. The molecular weight excluding hydrogens is 204 g/mol. The smallest absolute Gasteiger partial charge is 0.0413 e. The van der Waals surface area contributed by atoms with Crippen molar-refractivity contribution in [3.63, 3.8) is 0 Å². The van der Waals surface area contributed by atoms with Crippen molar-refractivity contribution in [1.82, 2.24) is 4.98 Å². The highest BCUT2D eigenvalue weighted by Gasteiger charge is 2.05. The fourth-order valence-electron chi connectivity index (χ4n) is 0.974. The molecule has 0 aliphatic carbocycles. The fraction of sp³-hybridized carbons (Fsp3) is 0.375. The summed E-state index contributed by atoms with van der Waals surface area (Å²) in [7, 11) is 0. The standard InChI is InChI=1S/C8H11BrN2/c1-5-7(6(2)10)3-11-4-8(5)9/h3-4,6H,10H2,1-2H3. The van der Waals surface area contributed by atoms with Crippen LogP contribution in [0.25, 0.3) is 0 Å². The molecule has 11 heavy (non-hydrogen) atoms. The van der Waals surface area contributed by atoms with Crippen LogP contribution in [0.2, 0.25) is 0 Å². The lowest BCUT2D eigenvalue weighted by molar-refractivity contribution is 0.801.